The van der Waals surface area contributed by atoms with Gasteiger partial charge in [-0.25, -0.2) is 4.39 Å². The predicted octanol–water partition coefficient (Wildman–Crippen LogP) is 2.12. The van der Waals surface area contributed by atoms with E-state index in [1.165, 1.54) is 13.8 Å². The molecule has 0 spiro atoms. The van der Waals surface area contributed by atoms with E-state index in [2.05, 4.69) is 0 Å². The van der Waals surface area contributed by atoms with Crippen molar-refractivity contribution in [3.05, 3.63) is 23.3 Å². The van der Waals surface area contributed by atoms with Crippen LogP contribution in [0.3, 0.4) is 0 Å². The van der Waals surface area contributed by atoms with Crippen LogP contribution in [0.25, 0.3) is 0 Å². The van der Waals surface area contributed by atoms with Gasteiger partial charge in [0.2, 0.25) is 0 Å². The molecule has 3 nitrogen and oxygen atoms in total. The lowest BCUT2D eigenvalue weighted by atomic mass is 9.97. The minimum atomic E-state index is -1.40. The van der Waals surface area contributed by atoms with Gasteiger partial charge in [0.15, 0.2) is 11.5 Å². The van der Waals surface area contributed by atoms with E-state index >= 15 is 0 Å². The summed E-state index contributed by atoms with van der Waals surface area (Å²) in [6.45, 7) is 4.35. The topological polar surface area (TPSA) is 44.5 Å². The predicted molar refractivity (Wildman–Crippen MR) is 59.5 cm³/mol. The molecular formula is C12H16FNO2. The third-order valence-corrected chi connectivity index (χ3v) is 2.63. The standard InChI is InChI=1S/C12H16FNO2/c1-12(2,13)9-5-8(7-14)11-10(6-9)15-3-4-16-11/h5-6H,3-4,7,14H2,1-2H3. The molecule has 1 aromatic carbocycles. The number of alkyl halides is 1. The Hall–Kier alpha value is -1.29. The lowest BCUT2D eigenvalue weighted by molar-refractivity contribution is 0.167. The second-order valence-electron chi connectivity index (χ2n) is 4.34. The molecule has 0 aliphatic carbocycles. The first-order valence-electron chi connectivity index (χ1n) is 5.34. The maximum atomic E-state index is 13.9. The number of fused-ring (bicyclic) bond motifs is 1. The molecule has 0 saturated heterocycles. The molecule has 0 fully saturated rings. The minimum absolute atomic E-state index is 0.315. The van der Waals surface area contributed by atoms with Crippen LogP contribution in [0.4, 0.5) is 4.39 Å². The van der Waals surface area contributed by atoms with E-state index in [0.29, 0.717) is 36.8 Å². The highest BCUT2D eigenvalue weighted by atomic mass is 19.1. The summed E-state index contributed by atoms with van der Waals surface area (Å²) in [5.41, 5.74) is 5.58. The molecule has 4 heteroatoms. The monoisotopic (exact) mass is 225 g/mol. The Kier molecular flexibility index (Phi) is 2.76. The Morgan fingerprint density at radius 2 is 2.00 bits per heavy atom. The summed E-state index contributed by atoms with van der Waals surface area (Å²) in [6.07, 6.45) is 0. The van der Waals surface area contributed by atoms with Gasteiger partial charge in [-0.1, -0.05) is 0 Å². The Morgan fingerprint density at radius 1 is 1.31 bits per heavy atom. The van der Waals surface area contributed by atoms with Crippen LogP contribution in [-0.2, 0) is 12.2 Å². The summed E-state index contributed by atoms with van der Waals surface area (Å²) in [7, 11) is 0. The zero-order valence-corrected chi connectivity index (χ0v) is 9.55. The lowest BCUT2D eigenvalue weighted by Crippen LogP contribution is -2.19. The molecule has 0 saturated carbocycles. The molecule has 0 bridgehead atoms. The largest absolute Gasteiger partial charge is 0.486 e. The number of benzene rings is 1. The summed E-state index contributed by atoms with van der Waals surface area (Å²) >= 11 is 0. The van der Waals surface area contributed by atoms with Gasteiger partial charge in [-0.3, -0.25) is 0 Å². The number of hydrogen-bond acceptors (Lipinski definition) is 3. The summed E-state index contributed by atoms with van der Waals surface area (Å²) in [4.78, 5) is 0. The molecule has 1 aromatic rings. The second kappa shape index (κ2) is 3.94. The molecule has 1 heterocycles. The van der Waals surface area contributed by atoms with E-state index in [1.807, 2.05) is 0 Å². The minimum Gasteiger partial charge on any atom is -0.486 e. The van der Waals surface area contributed by atoms with E-state index in [9.17, 15) is 4.39 Å². The van der Waals surface area contributed by atoms with Crippen molar-refractivity contribution >= 4 is 0 Å². The lowest BCUT2D eigenvalue weighted by Gasteiger charge is -2.24. The SMILES string of the molecule is CC(C)(F)c1cc(CN)c2c(c1)OCCO2. The van der Waals surface area contributed by atoms with Gasteiger partial charge >= 0.3 is 0 Å². The molecule has 0 amide bonds. The van der Waals surface area contributed by atoms with Crippen molar-refractivity contribution in [3.8, 4) is 11.5 Å². The fourth-order valence-corrected chi connectivity index (χ4v) is 1.72. The van der Waals surface area contributed by atoms with E-state index < -0.39 is 5.67 Å². The van der Waals surface area contributed by atoms with Crippen LogP contribution in [0.5, 0.6) is 11.5 Å². The molecular weight excluding hydrogens is 209 g/mol. The maximum Gasteiger partial charge on any atom is 0.165 e. The summed E-state index contributed by atoms with van der Waals surface area (Å²) in [5.74, 6) is 1.25. The zero-order valence-electron chi connectivity index (χ0n) is 9.55. The molecule has 0 aromatic heterocycles. The first kappa shape index (κ1) is 11.2. The smallest absolute Gasteiger partial charge is 0.165 e. The molecule has 88 valence electrons. The summed E-state index contributed by atoms with van der Waals surface area (Å²) < 4.78 is 24.8. The highest BCUT2D eigenvalue weighted by molar-refractivity contribution is 5.51. The Morgan fingerprint density at radius 3 is 2.62 bits per heavy atom. The normalized spacial score (nSPS) is 15.0. The number of hydrogen-bond donors (Lipinski definition) is 1. The van der Waals surface area contributed by atoms with Crippen molar-refractivity contribution in [3.63, 3.8) is 0 Å². The Bertz CT molecular complexity index is 381. The molecule has 2 N–H and O–H groups in total. The fourth-order valence-electron chi connectivity index (χ4n) is 1.72. The second-order valence-corrected chi connectivity index (χ2v) is 4.34. The van der Waals surface area contributed by atoms with Crippen LogP contribution in [0.15, 0.2) is 12.1 Å². The molecule has 2 rings (SSSR count). The third-order valence-electron chi connectivity index (χ3n) is 2.63. The molecule has 1 aliphatic rings. The number of halogens is 1. The Balaban J connectivity index is 2.52. The first-order valence-corrected chi connectivity index (χ1v) is 5.34. The highest BCUT2D eigenvalue weighted by Crippen LogP contribution is 2.38. The zero-order chi connectivity index (χ0) is 11.8. The van der Waals surface area contributed by atoms with E-state index in [1.54, 1.807) is 12.1 Å². The van der Waals surface area contributed by atoms with Crippen LogP contribution >= 0.6 is 0 Å². The van der Waals surface area contributed by atoms with Gasteiger partial charge in [0.05, 0.1) is 0 Å². The average molecular weight is 225 g/mol. The molecule has 0 atom stereocenters. The van der Waals surface area contributed by atoms with Gasteiger partial charge in [0, 0.05) is 12.1 Å². The van der Waals surface area contributed by atoms with Gasteiger partial charge in [0.1, 0.15) is 18.9 Å². The highest BCUT2D eigenvalue weighted by Gasteiger charge is 2.24. The van der Waals surface area contributed by atoms with Crippen molar-refractivity contribution in [1.29, 1.82) is 0 Å². The van der Waals surface area contributed by atoms with Crippen molar-refractivity contribution in [2.45, 2.75) is 26.1 Å². The van der Waals surface area contributed by atoms with Crippen LogP contribution in [0.1, 0.15) is 25.0 Å². The van der Waals surface area contributed by atoms with Crippen molar-refractivity contribution in [1.82, 2.24) is 0 Å². The number of nitrogens with two attached hydrogens (primary N) is 1. The van der Waals surface area contributed by atoms with Gasteiger partial charge in [-0.05, 0) is 31.5 Å². The van der Waals surface area contributed by atoms with Crippen LogP contribution in [0, 0.1) is 0 Å². The maximum absolute atomic E-state index is 13.9. The molecule has 0 unspecified atom stereocenters. The van der Waals surface area contributed by atoms with Crippen molar-refractivity contribution in [2.75, 3.05) is 13.2 Å². The van der Waals surface area contributed by atoms with E-state index in [0.717, 1.165) is 5.56 Å². The summed E-state index contributed by atoms with van der Waals surface area (Å²) in [5, 5.41) is 0. The van der Waals surface area contributed by atoms with E-state index in [4.69, 9.17) is 15.2 Å². The average Bonchev–Trinajstić information content (AvgIpc) is 2.26. The number of rotatable bonds is 2. The quantitative estimate of drug-likeness (QED) is 0.838. The van der Waals surface area contributed by atoms with Crippen LogP contribution in [0.2, 0.25) is 0 Å². The number of ether oxygens (including phenoxy) is 2. The third kappa shape index (κ3) is 1.97. The first-order chi connectivity index (χ1) is 7.52. The van der Waals surface area contributed by atoms with Gasteiger partial charge < -0.3 is 15.2 Å². The van der Waals surface area contributed by atoms with E-state index in [-0.39, 0.29) is 0 Å². The molecule has 1 aliphatic heterocycles. The van der Waals surface area contributed by atoms with Gasteiger partial charge in [-0.15, -0.1) is 0 Å². The Labute approximate surface area is 94.3 Å². The van der Waals surface area contributed by atoms with Gasteiger partial charge in [0.25, 0.3) is 0 Å². The van der Waals surface area contributed by atoms with Crippen molar-refractivity contribution < 1.29 is 13.9 Å². The molecule has 16 heavy (non-hydrogen) atoms. The van der Waals surface area contributed by atoms with Crippen molar-refractivity contribution in [2.24, 2.45) is 5.73 Å². The van der Waals surface area contributed by atoms with Crippen LogP contribution < -0.4 is 15.2 Å². The van der Waals surface area contributed by atoms with Crippen LogP contribution in [-0.4, -0.2) is 13.2 Å². The fraction of sp³-hybridized carbons (Fsp3) is 0.500. The van der Waals surface area contributed by atoms with Gasteiger partial charge in [-0.2, -0.15) is 0 Å². The molecule has 0 radical (unpaired) electrons. The summed E-state index contributed by atoms with van der Waals surface area (Å²) in [6, 6.07) is 3.43.